The van der Waals surface area contributed by atoms with Gasteiger partial charge in [-0.2, -0.15) is 0 Å². The Bertz CT molecular complexity index is 1260. The SMILES string of the molecule is COc1c(F)cccc1Nc1c(-c2ccncc2F)[nH]c2c1C(=O)NC[C@H]2C[C@H]1OCC1(C)C. The number of halogens is 2. The monoisotopic (exact) mass is 468 g/mol. The van der Waals surface area contributed by atoms with E-state index in [4.69, 9.17) is 9.47 Å². The molecule has 0 unspecified atom stereocenters. The number of nitrogens with one attached hydrogen (secondary N) is 3. The summed E-state index contributed by atoms with van der Waals surface area (Å²) in [5, 5.41) is 6.09. The summed E-state index contributed by atoms with van der Waals surface area (Å²) >= 11 is 0. The van der Waals surface area contributed by atoms with Crippen molar-refractivity contribution in [1.29, 1.82) is 0 Å². The first-order chi connectivity index (χ1) is 16.3. The predicted octanol–water partition coefficient (Wildman–Crippen LogP) is 4.75. The van der Waals surface area contributed by atoms with Crippen LogP contribution in [0.1, 0.15) is 42.2 Å². The number of methoxy groups -OCH3 is 1. The number of ether oxygens (including phenoxy) is 2. The van der Waals surface area contributed by atoms with Crippen molar-refractivity contribution in [2.24, 2.45) is 5.41 Å². The molecule has 0 saturated carbocycles. The molecule has 3 aromatic rings. The van der Waals surface area contributed by atoms with Gasteiger partial charge in [-0.05, 0) is 24.6 Å². The molecule has 0 radical (unpaired) electrons. The fourth-order valence-electron chi connectivity index (χ4n) is 4.70. The number of carbonyl (C=O) groups is 1. The maximum Gasteiger partial charge on any atom is 0.255 e. The summed E-state index contributed by atoms with van der Waals surface area (Å²) in [6.07, 6.45) is 3.34. The smallest absolute Gasteiger partial charge is 0.255 e. The molecule has 0 spiro atoms. The number of aromatic amines is 1. The van der Waals surface area contributed by atoms with Gasteiger partial charge in [0.1, 0.15) is 0 Å². The Kier molecular flexibility index (Phi) is 5.51. The molecular weight excluding hydrogens is 442 g/mol. The van der Waals surface area contributed by atoms with E-state index >= 15 is 0 Å². The highest BCUT2D eigenvalue weighted by Gasteiger charge is 2.43. The highest BCUT2D eigenvalue weighted by atomic mass is 19.1. The van der Waals surface area contributed by atoms with Crippen molar-refractivity contribution in [2.45, 2.75) is 32.3 Å². The Hall–Kier alpha value is -3.46. The van der Waals surface area contributed by atoms with Gasteiger partial charge >= 0.3 is 0 Å². The molecule has 1 amide bonds. The molecule has 4 heterocycles. The van der Waals surface area contributed by atoms with Crippen molar-refractivity contribution in [3.8, 4) is 17.0 Å². The molecule has 3 N–H and O–H groups in total. The number of rotatable bonds is 6. The van der Waals surface area contributed by atoms with Crippen LogP contribution in [-0.2, 0) is 4.74 Å². The summed E-state index contributed by atoms with van der Waals surface area (Å²) in [6, 6.07) is 5.98. The third-order valence-corrected chi connectivity index (χ3v) is 6.67. The average molecular weight is 469 g/mol. The lowest BCUT2D eigenvalue weighted by Gasteiger charge is -2.46. The second-order valence-corrected chi connectivity index (χ2v) is 9.40. The van der Waals surface area contributed by atoms with Gasteiger partial charge in [-0.15, -0.1) is 0 Å². The van der Waals surface area contributed by atoms with Gasteiger partial charge in [0.2, 0.25) is 0 Å². The summed E-state index contributed by atoms with van der Waals surface area (Å²) in [5.41, 5.74) is 2.40. The first-order valence-corrected chi connectivity index (χ1v) is 11.1. The van der Waals surface area contributed by atoms with Gasteiger partial charge in [-0.3, -0.25) is 9.78 Å². The third-order valence-electron chi connectivity index (χ3n) is 6.67. The number of carbonyl (C=O) groups excluding carboxylic acids is 1. The Morgan fingerprint density at radius 3 is 2.76 bits per heavy atom. The molecule has 0 aliphatic carbocycles. The van der Waals surface area contributed by atoms with Crippen molar-refractivity contribution in [3.63, 3.8) is 0 Å². The summed E-state index contributed by atoms with van der Waals surface area (Å²) in [7, 11) is 1.36. The van der Waals surface area contributed by atoms with Crippen LogP contribution in [0.15, 0.2) is 36.7 Å². The van der Waals surface area contributed by atoms with Crippen molar-refractivity contribution in [3.05, 3.63) is 59.6 Å². The molecule has 7 nitrogen and oxygen atoms in total. The van der Waals surface area contributed by atoms with E-state index in [9.17, 15) is 13.6 Å². The van der Waals surface area contributed by atoms with Crippen LogP contribution in [0.25, 0.3) is 11.3 Å². The highest BCUT2D eigenvalue weighted by molar-refractivity contribution is 6.06. The van der Waals surface area contributed by atoms with Crippen molar-refractivity contribution >= 4 is 17.3 Å². The van der Waals surface area contributed by atoms with Crippen LogP contribution in [0.4, 0.5) is 20.2 Å². The molecule has 5 rings (SSSR count). The van der Waals surface area contributed by atoms with Gasteiger partial charge in [-0.25, -0.2) is 8.78 Å². The van der Waals surface area contributed by atoms with Gasteiger partial charge < -0.3 is 25.1 Å². The number of hydrogen-bond acceptors (Lipinski definition) is 5. The van der Waals surface area contributed by atoms with Crippen LogP contribution >= 0.6 is 0 Å². The second kappa shape index (κ2) is 8.39. The quantitative estimate of drug-likeness (QED) is 0.486. The van der Waals surface area contributed by atoms with Crippen molar-refractivity contribution in [1.82, 2.24) is 15.3 Å². The minimum Gasteiger partial charge on any atom is -0.492 e. The molecule has 2 aliphatic heterocycles. The van der Waals surface area contributed by atoms with Crippen LogP contribution in [0.3, 0.4) is 0 Å². The lowest BCUT2D eigenvalue weighted by Crippen LogP contribution is -2.49. The van der Waals surface area contributed by atoms with E-state index in [0.717, 1.165) is 6.20 Å². The summed E-state index contributed by atoms with van der Waals surface area (Å²) in [6.45, 7) is 5.43. The lowest BCUT2D eigenvalue weighted by molar-refractivity contribution is -0.172. The highest BCUT2D eigenvalue weighted by Crippen LogP contribution is 2.45. The zero-order chi connectivity index (χ0) is 24.0. The van der Waals surface area contributed by atoms with Gasteiger partial charge in [0.25, 0.3) is 5.91 Å². The molecule has 2 aromatic heterocycles. The van der Waals surface area contributed by atoms with E-state index in [-0.39, 0.29) is 34.7 Å². The molecule has 34 heavy (non-hydrogen) atoms. The van der Waals surface area contributed by atoms with E-state index in [2.05, 4.69) is 34.4 Å². The predicted molar refractivity (Wildman–Crippen MR) is 123 cm³/mol. The van der Waals surface area contributed by atoms with E-state index in [0.29, 0.717) is 47.9 Å². The van der Waals surface area contributed by atoms with Crippen LogP contribution in [0, 0.1) is 17.0 Å². The Morgan fingerprint density at radius 2 is 2.09 bits per heavy atom. The number of pyridine rings is 1. The van der Waals surface area contributed by atoms with Crippen molar-refractivity contribution in [2.75, 3.05) is 25.6 Å². The molecule has 1 fully saturated rings. The molecule has 2 atom stereocenters. The largest absolute Gasteiger partial charge is 0.492 e. The van der Waals surface area contributed by atoms with Crippen LogP contribution in [0.2, 0.25) is 0 Å². The first kappa shape index (κ1) is 22.3. The molecule has 2 aliphatic rings. The molecular formula is C25H26F2N4O3. The number of H-pyrrole nitrogens is 1. The number of nitrogens with zero attached hydrogens (tertiary/aromatic N) is 1. The van der Waals surface area contributed by atoms with Crippen LogP contribution in [-0.4, -0.2) is 42.2 Å². The normalized spacial score (nSPS) is 20.8. The number of fused-ring (bicyclic) bond motifs is 1. The van der Waals surface area contributed by atoms with E-state index in [1.54, 1.807) is 6.07 Å². The zero-order valence-electron chi connectivity index (χ0n) is 19.2. The minimum absolute atomic E-state index is 0.00372. The van der Waals surface area contributed by atoms with E-state index in [1.165, 1.54) is 31.5 Å². The number of anilines is 2. The number of hydrogen-bond donors (Lipinski definition) is 3. The molecule has 1 saturated heterocycles. The molecule has 0 bridgehead atoms. The number of para-hydroxylation sites is 1. The van der Waals surface area contributed by atoms with Crippen LogP contribution < -0.4 is 15.4 Å². The van der Waals surface area contributed by atoms with E-state index < -0.39 is 11.6 Å². The summed E-state index contributed by atoms with van der Waals surface area (Å²) in [5.74, 6) is -1.47. The fourth-order valence-corrected chi connectivity index (χ4v) is 4.70. The minimum atomic E-state index is -0.555. The summed E-state index contributed by atoms with van der Waals surface area (Å²) < 4.78 is 40.2. The Balaban J connectivity index is 1.65. The van der Waals surface area contributed by atoms with Gasteiger partial charge in [0.05, 0.1) is 48.6 Å². The summed E-state index contributed by atoms with van der Waals surface area (Å²) in [4.78, 5) is 20.2. The van der Waals surface area contributed by atoms with E-state index in [1.807, 2.05) is 0 Å². The van der Waals surface area contributed by atoms with Crippen molar-refractivity contribution < 1.29 is 23.0 Å². The standard InChI is InChI=1S/C25H26F2N4O3/c1-25(2)12-34-18(25)9-13-10-29-24(32)19-20(13)31-21(14-7-8-28-11-16(14)27)22(19)30-17-6-4-5-15(26)23(17)33-3/h4-8,11,13,18,30-31H,9-10,12H2,1-3H3,(H,29,32)/t13-,18-/m1/s1. The number of benzene rings is 1. The van der Waals surface area contributed by atoms with Gasteiger partial charge in [-0.1, -0.05) is 19.9 Å². The topological polar surface area (TPSA) is 88.3 Å². The Labute approximate surface area is 195 Å². The molecule has 1 aromatic carbocycles. The second-order valence-electron chi connectivity index (χ2n) is 9.40. The number of aromatic nitrogens is 2. The lowest BCUT2D eigenvalue weighted by atomic mass is 9.76. The van der Waals surface area contributed by atoms with Gasteiger partial charge in [0.15, 0.2) is 17.4 Å². The van der Waals surface area contributed by atoms with Gasteiger partial charge in [0, 0.05) is 35.3 Å². The average Bonchev–Trinajstić information content (AvgIpc) is 3.18. The molecule has 9 heteroatoms. The first-order valence-electron chi connectivity index (χ1n) is 11.1. The Morgan fingerprint density at radius 1 is 1.26 bits per heavy atom. The van der Waals surface area contributed by atoms with Crippen LogP contribution in [0.5, 0.6) is 5.75 Å². The fraction of sp³-hybridized carbons (Fsp3) is 0.360. The zero-order valence-corrected chi connectivity index (χ0v) is 19.2. The third kappa shape index (κ3) is 3.69. The molecule has 178 valence electrons. The maximum absolute atomic E-state index is 14.8. The maximum atomic E-state index is 14.8. The number of amides is 1.